The Bertz CT molecular complexity index is 782. The molecule has 1 fully saturated rings. The van der Waals surface area contributed by atoms with Gasteiger partial charge in [0.2, 0.25) is 5.91 Å². The average Bonchev–Trinajstić information content (AvgIpc) is 3.17. The molecule has 2 heterocycles. The summed E-state index contributed by atoms with van der Waals surface area (Å²) in [7, 11) is 0. The lowest BCUT2D eigenvalue weighted by atomic mass is 9.91. The van der Waals surface area contributed by atoms with Gasteiger partial charge in [0, 0.05) is 18.8 Å². The first-order valence-electron chi connectivity index (χ1n) is 9.65. The Morgan fingerprint density at radius 2 is 1.73 bits per heavy atom. The van der Waals surface area contributed by atoms with E-state index in [0.717, 1.165) is 38.2 Å². The van der Waals surface area contributed by atoms with Crippen LogP contribution in [0.25, 0.3) is 0 Å². The molecule has 26 heavy (non-hydrogen) atoms. The first-order valence-corrected chi connectivity index (χ1v) is 9.65. The second kappa shape index (κ2) is 7.50. The molecule has 2 N–H and O–H groups in total. The fourth-order valence-electron chi connectivity index (χ4n) is 4.32. The third kappa shape index (κ3) is 3.47. The molecule has 0 aromatic heterocycles. The summed E-state index contributed by atoms with van der Waals surface area (Å²) in [5, 5.41) is 0. The molecular weight excluding hydrogens is 322 g/mol. The SMILES string of the molecule is Nc1ccccc1CC(=O)N1CCc2ccccc2C1CN1CCCC1. The molecule has 136 valence electrons. The van der Waals surface area contributed by atoms with Gasteiger partial charge in [-0.2, -0.15) is 0 Å². The third-order valence-electron chi connectivity index (χ3n) is 5.76. The van der Waals surface area contributed by atoms with E-state index in [2.05, 4.69) is 34.1 Å². The summed E-state index contributed by atoms with van der Waals surface area (Å²) >= 11 is 0. The van der Waals surface area contributed by atoms with Crippen molar-refractivity contribution < 1.29 is 4.79 Å². The van der Waals surface area contributed by atoms with Crippen molar-refractivity contribution in [3.8, 4) is 0 Å². The maximum absolute atomic E-state index is 13.2. The van der Waals surface area contributed by atoms with Crippen LogP contribution in [0.2, 0.25) is 0 Å². The van der Waals surface area contributed by atoms with Gasteiger partial charge in [-0.15, -0.1) is 0 Å². The molecule has 4 heteroatoms. The number of anilines is 1. The number of hydrogen-bond donors (Lipinski definition) is 1. The Hall–Kier alpha value is -2.33. The van der Waals surface area contributed by atoms with Crippen LogP contribution in [0.15, 0.2) is 48.5 Å². The Morgan fingerprint density at radius 1 is 1.00 bits per heavy atom. The smallest absolute Gasteiger partial charge is 0.227 e. The molecule has 4 rings (SSSR count). The van der Waals surface area contributed by atoms with E-state index < -0.39 is 0 Å². The van der Waals surface area contributed by atoms with Crippen LogP contribution in [0, 0.1) is 0 Å². The van der Waals surface area contributed by atoms with E-state index in [1.807, 2.05) is 24.3 Å². The third-order valence-corrected chi connectivity index (χ3v) is 5.76. The van der Waals surface area contributed by atoms with Crippen LogP contribution in [0.4, 0.5) is 5.69 Å². The monoisotopic (exact) mass is 349 g/mol. The normalized spacial score (nSPS) is 20.2. The summed E-state index contributed by atoms with van der Waals surface area (Å²) in [6.45, 7) is 4.02. The lowest BCUT2D eigenvalue weighted by molar-refractivity contribution is -0.133. The van der Waals surface area contributed by atoms with Gasteiger partial charge in [0.25, 0.3) is 0 Å². The van der Waals surface area contributed by atoms with E-state index >= 15 is 0 Å². The topological polar surface area (TPSA) is 49.6 Å². The Balaban J connectivity index is 1.58. The number of rotatable bonds is 4. The van der Waals surface area contributed by atoms with E-state index in [4.69, 9.17) is 5.73 Å². The molecular formula is C22H27N3O. The Morgan fingerprint density at radius 3 is 2.54 bits per heavy atom. The number of benzene rings is 2. The van der Waals surface area contributed by atoms with Crippen LogP contribution in [-0.4, -0.2) is 41.9 Å². The van der Waals surface area contributed by atoms with E-state index in [1.54, 1.807) is 0 Å². The molecule has 2 aromatic rings. The minimum Gasteiger partial charge on any atom is -0.398 e. The lowest BCUT2D eigenvalue weighted by Gasteiger charge is -2.39. The number of nitrogens with zero attached hydrogens (tertiary/aromatic N) is 2. The molecule has 1 saturated heterocycles. The predicted octanol–water partition coefficient (Wildman–Crippen LogP) is 3.03. The highest BCUT2D eigenvalue weighted by Gasteiger charge is 2.32. The minimum atomic E-state index is 0.149. The van der Waals surface area contributed by atoms with Gasteiger partial charge in [-0.05, 0) is 55.1 Å². The van der Waals surface area contributed by atoms with Gasteiger partial charge in [0.15, 0.2) is 0 Å². The number of nitrogens with two attached hydrogens (primary N) is 1. The molecule has 4 nitrogen and oxygen atoms in total. The number of likely N-dealkylation sites (tertiary alicyclic amines) is 1. The second-order valence-corrected chi connectivity index (χ2v) is 7.44. The van der Waals surface area contributed by atoms with Crippen LogP contribution < -0.4 is 5.73 Å². The number of carbonyl (C=O) groups is 1. The largest absolute Gasteiger partial charge is 0.398 e. The fourth-order valence-corrected chi connectivity index (χ4v) is 4.32. The second-order valence-electron chi connectivity index (χ2n) is 7.44. The number of hydrogen-bond acceptors (Lipinski definition) is 3. The Labute approximate surface area is 155 Å². The van der Waals surface area contributed by atoms with Gasteiger partial charge in [-0.1, -0.05) is 42.5 Å². The lowest BCUT2D eigenvalue weighted by Crippen LogP contribution is -2.45. The zero-order valence-corrected chi connectivity index (χ0v) is 15.2. The van der Waals surface area contributed by atoms with E-state index in [9.17, 15) is 4.79 Å². The van der Waals surface area contributed by atoms with Crippen LogP contribution >= 0.6 is 0 Å². The van der Waals surface area contributed by atoms with E-state index in [0.29, 0.717) is 12.1 Å². The first kappa shape index (κ1) is 17.1. The summed E-state index contributed by atoms with van der Waals surface area (Å²) in [6.07, 6.45) is 3.85. The fraction of sp³-hybridized carbons (Fsp3) is 0.409. The predicted molar refractivity (Wildman–Crippen MR) is 105 cm³/mol. The van der Waals surface area contributed by atoms with Crippen molar-refractivity contribution in [2.24, 2.45) is 0 Å². The summed E-state index contributed by atoms with van der Waals surface area (Å²) in [4.78, 5) is 17.8. The number of fused-ring (bicyclic) bond motifs is 1. The number of amides is 1. The highest BCUT2D eigenvalue weighted by molar-refractivity contribution is 5.81. The van der Waals surface area contributed by atoms with Crippen LogP contribution in [0.3, 0.4) is 0 Å². The molecule has 2 aromatic carbocycles. The Kier molecular flexibility index (Phi) is 4.93. The first-order chi connectivity index (χ1) is 12.7. The molecule has 1 atom stereocenters. The van der Waals surface area contributed by atoms with E-state index in [1.165, 1.54) is 24.0 Å². The number of para-hydroxylation sites is 1. The molecule has 2 aliphatic rings. The molecule has 0 aliphatic carbocycles. The summed E-state index contributed by atoms with van der Waals surface area (Å²) < 4.78 is 0. The van der Waals surface area contributed by atoms with Crippen LogP contribution in [-0.2, 0) is 17.6 Å². The molecule has 0 saturated carbocycles. The molecule has 2 aliphatic heterocycles. The van der Waals surface area contributed by atoms with Gasteiger partial charge >= 0.3 is 0 Å². The van der Waals surface area contributed by atoms with Crippen molar-refractivity contribution in [2.75, 3.05) is 31.9 Å². The molecule has 1 amide bonds. The standard InChI is InChI=1S/C22H27N3O/c23-20-10-4-2-8-18(20)15-22(26)25-14-11-17-7-1-3-9-19(17)21(25)16-24-12-5-6-13-24/h1-4,7-10,21H,5-6,11-16,23H2. The van der Waals surface area contributed by atoms with Crippen LogP contribution in [0.1, 0.15) is 35.6 Å². The van der Waals surface area contributed by atoms with Gasteiger partial charge < -0.3 is 15.5 Å². The maximum atomic E-state index is 13.2. The number of carbonyl (C=O) groups excluding carboxylic acids is 1. The molecule has 1 unspecified atom stereocenters. The summed E-state index contributed by atoms with van der Waals surface area (Å²) in [5.41, 5.74) is 10.4. The zero-order chi connectivity index (χ0) is 17.9. The minimum absolute atomic E-state index is 0.149. The zero-order valence-electron chi connectivity index (χ0n) is 15.2. The molecule has 0 spiro atoms. The van der Waals surface area contributed by atoms with E-state index in [-0.39, 0.29) is 11.9 Å². The van der Waals surface area contributed by atoms with Crippen molar-refractivity contribution >= 4 is 11.6 Å². The quantitative estimate of drug-likeness (QED) is 0.863. The summed E-state index contributed by atoms with van der Waals surface area (Å²) in [5.74, 6) is 0.182. The van der Waals surface area contributed by atoms with Gasteiger partial charge in [-0.25, -0.2) is 0 Å². The van der Waals surface area contributed by atoms with Crippen molar-refractivity contribution in [1.82, 2.24) is 9.80 Å². The van der Waals surface area contributed by atoms with Gasteiger partial charge in [0.1, 0.15) is 0 Å². The number of nitrogen functional groups attached to an aromatic ring is 1. The van der Waals surface area contributed by atoms with Crippen molar-refractivity contribution in [1.29, 1.82) is 0 Å². The van der Waals surface area contributed by atoms with Gasteiger partial charge in [-0.3, -0.25) is 4.79 Å². The summed E-state index contributed by atoms with van der Waals surface area (Å²) in [6, 6.07) is 16.5. The van der Waals surface area contributed by atoms with Crippen molar-refractivity contribution in [3.63, 3.8) is 0 Å². The highest BCUT2D eigenvalue weighted by atomic mass is 16.2. The average molecular weight is 349 g/mol. The molecule has 0 bridgehead atoms. The van der Waals surface area contributed by atoms with Crippen molar-refractivity contribution in [2.45, 2.75) is 31.7 Å². The van der Waals surface area contributed by atoms with Crippen LogP contribution in [0.5, 0.6) is 0 Å². The molecule has 0 radical (unpaired) electrons. The maximum Gasteiger partial charge on any atom is 0.227 e. The highest BCUT2D eigenvalue weighted by Crippen LogP contribution is 2.32. The van der Waals surface area contributed by atoms with Gasteiger partial charge in [0.05, 0.1) is 12.5 Å². The van der Waals surface area contributed by atoms with Crippen molar-refractivity contribution in [3.05, 3.63) is 65.2 Å².